The molecule has 0 saturated carbocycles. The third-order valence-corrected chi connectivity index (χ3v) is 4.01. The predicted molar refractivity (Wildman–Crippen MR) is 94.3 cm³/mol. The lowest BCUT2D eigenvalue weighted by molar-refractivity contribution is 0.0977. The van der Waals surface area contributed by atoms with E-state index in [2.05, 4.69) is 15.0 Å². The summed E-state index contributed by atoms with van der Waals surface area (Å²) in [5.41, 5.74) is 0.858. The number of nitrogens with zero attached hydrogens (tertiary/aromatic N) is 5. The Balaban J connectivity index is 1.82. The average molecular weight is 363 g/mol. The first-order valence-corrected chi connectivity index (χ1v) is 8.05. The van der Waals surface area contributed by atoms with Crippen LogP contribution in [0.25, 0.3) is 11.3 Å². The molecule has 0 fully saturated rings. The van der Waals surface area contributed by atoms with E-state index in [1.165, 1.54) is 41.4 Å². The zero-order chi connectivity index (χ0) is 19.4. The van der Waals surface area contributed by atoms with Crippen molar-refractivity contribution in [2.45, 2.75) is 12.8 Å². The van der Waals surface area contributed by atoms with Gasteiger partial charge in [-0.05, 0) is 24.3 Å². The zero-order valence-electron chi connectivity index (χ0n) is 14.4. The van der Waals surface area contributed by atoms with Crippen molar-refractivity contribution in [3.63, 3.8) is 0 Å². The number of ketones is 1. The molecule has 0 aliphatic heterocycles. The first kappa shape index (κ1) is 18.1. The molecule has 0 aliphatic carbocycles. The minimum atomic E-state index is -0.563. The molecule has 0 bridgehead atoms. The summed E-state index contributed by atoms with van der Waals surface area (Å²) in [4.78, 5) is 36.2. The Morgan fingerprint density at radius 2 is 2.04 bits per heavy atom. The number of Topliss-reactive ketones (excluding diaryl/α,β-unsaturated/α-hetero) is 1. The van der Waals surface area contributed by atoms with E-state index in [1.807, 2.05) is 6.07 Å². The molecule has 0 spiro atoms. The molecule has 134 valence electrons. The van der Waals surface area contributed by atoms with E-state index in [9.17, 15) is 14.0 Å². The lowest BCUT2D eigenvalue weighted by Crippen LogP contribution is -2.21. The summed E-state index contributed by atoms with van der Waals surface area (Å²) >= 11 is 0. The van der Waals surface area contributed by atoms with Crippen LogP contribution in [0.3, 0.4) is 0 Å². The zero-order valence-corrected chi connectivity index (χ0v) is 14.4. The van der Waals surface area contributed by atoms with Crippen molar-refractivity contribution in [1.29, 1.82) is 5.26 Å². The molecule has 1 aromatic carbocycles. The van der Waals surface area contributed by atoms with Crippen LogP contribution in [0, 0.1) is 17.1 Å². The minimum Gasteiger partial charge on any atom is -0.300 e. The van der Waals surface area contributed by atoms with Crippen molar-refractivity contribution in [2.75, 3.05) is 0 Å². The van der Waals surface area contributed by atoms with Crippen LogP contribution in [-0.4, -0.2) is 25.3 Å². The summed E-state index contributed by atoms with van der Waals surface area (Å²) < 4.78 is 15.0. The van der Waals surface area contributed by atoms with Crippen LogP contribution in [0.5, 0.6) is 0 Å². The van der Waals surface area contributed by atoms with Gasteiger partial charge in [-0.15, -0.1) is 0 Å². The monoisotopic (exact) mass is 363 g/mol. The molecular formula is C19H14FN5O2. The van der Waals surface area contributed by atoms with Crippen LogP contribution >= 0.6 is 0 Å². The smallest absolute Gasteiger partial charge is 0.253 e. The number of aromatic nitrogens is 4. The molecule has 0 N–H and O–H groups in total. The lowest BCUT2D eigenvalue weighted by atomic mass is 10.1. The summed E-state index contributed by atoms with van der Waals surface area (Å²) in [7, 11) is 1.59. The fourth-order valence-corrected chi connectivity index (χ4v) is 2.57. The number of halogens is 1. The number of carbonyl (C=O) groups excluding carboxylic acids is 1. The van der Waals surface area contributed by atoms with Gasteiger partial charge < -0.3 is 0 Å². The number of nitriles is 1. The third kappa shape index (κ3) is 4.10. The minimum absolute atomic E-state index is 0.105. The van der Waals surface area contributed by atoms with E-state index in [1.54, 1.807) is 7.05 Å². The molecule has 2 heterocycles. The Labute approximate surface area is 153 Å². The molecule has 0 aliphatic rings. The molecule has 7 nitrogen and oxygen atoms in total. The van der Waals surface area contributed by atoms with Gasteiger partial charge in [-0.3, -0.25) is 14.2 Å². The highest BCUT2D eigenvalue weighted by Gasteiger charge is 2.13. The Kier molecular flexibility index (Phi) is 5.13. The Hall–Kier alpha value is -3.73. The quantitative estimate of drug-likeness (QED) is 0.643. The normalized spacial score (nSPS) is 10.4. The summed E-state index contributed by atoms with van der Waals surface area (Å²) in [6.07, 6.45) is 3.01. The fourth-order valence-electron chi connectivity index (χ4n) is 2.57. The van der Waals surface area contributed by atoms with Crippen LogP contribution in [0.2, 0.25) is 0 Å². The summed E-state index contributed by atoms with van der Waals surface area (Å²) in [6, 6.07) is 8.52. The number of carbonyl (C=O) groups is 1. The van der Waals surface area contributed by atoms with Crippen LogP contribution in [0.15, 0.2) is 47.7 Å². The molecule has 0 unspecified atom stereocenters. The molecular weight excluding hydrogens is 349 g/mol. The van der Waals surface area contributed by atoms with Crippen molar-refractivity contribution in [2.24, 2.45) is 7.05 Å². The van der Waals surface area contributed by atoms with E-state index in [0.29, 0.717) is 17.1 Å². The molecule has 8 heteroatoms. The van der Waals surface area contributed by atoms with Crippen LogP contribution in [0.1, 0.15) is 28.3 Å². The third-order valence-electron chi connectivity index (χ3n) is 4.01. The number of hydrogen-bond acceptors (Lipinski definition) is 6. The fraction of sp³-hybridized carbons (Fsp3) is 0.158. The van der Waals surface area contributed by atoms with E-state index >= 15 is 0 Å². The summed E-state index contributed by atoms with van der Waals surface area (Å²) in [6.45, 7) is 0. The maximum atomic E-state index is 13.6. The topological polar surface area (TPSA) is 102 Å². The van der Waals surface area contributed by atoms with Gasteiger partial charge in [0.1, 0.15) is 23.7 Å². The van der Waals surface area contributed by atoms with Gasteiger partial charge in [0.05, 0.1) is 17.3 Å². The van der Waals surface area contributed by atoms with E-state index in [0.717, 1.165) is 6.07 Å². The Morgan fingerprint density at radius 3 is 2.81 bits per heavy atom. The Morgan fingerprint density at radius 1 is 1.22 bits per heavy atom. The first-order chi connectivity index (χ1) is 13.0. The van der Waals surface area contributed by atoms with E-state index < -0.39 is 5.82 Å². The van der Waals surface area contributed by atoms with Gasteiger partial charge in [-0.25, -0.2) is 19.3 Å². The van der Waals surface area contributed by atoms with Crippen LogP contribution in [-0.2, 0) is 13.5 Å². The summed E-state index contributed by atoms with van der Waals surface area (Å²) in [5, 5.41) is 8.96. The van der Waals surface area contributed by atoms with Crippen molar-refractivity contribution < 1.29 is 9.18 Å². The van der Waals surface area contributed by atoms with Gasteiger partial charge in [0.2, 0.25) is 0 Å². The first-order valence-electron chi connectivity index (χ1n) is 8.05. The number of benzene rings is 1. The Bertz CT molecular complexity index is 1120. The van der Waals surface area contributed by atoms with Crippen molar-refractivity contribution >= 4 is 5.78 Å². The molecule has 0 radical (unpaired) electrons. The maximum Gasteiger partial charge on any atom is 0.253 e. The number of aryl methyl sites for hydroxylation is 1. The van der Waals surface area contributed by atoms with Crippen LogP contribution < -0.4 is 5.56 Å². The van der Waals surface area contributed by atoms with Crippen molar-refractivity contribution in [3.05, 3.63) is 76.1 Å². The van der Waals surface area contributed by atoms with Gasteiger partial charge in [0.25, 0.3) is 5.56 Å². The van der Waals surface area contributed by atoms with Gasteiger partial charge in [-0.1, -0.05) is 0 Å². The summed E-state index contributed by atoms with van der Waals surface area (Å²) in [5.74, 6) is -0.325. The maximum absolute atomic E-state index is 13.6. The second-order valence-corrected chi connectivity index (χ2v) is 5.81. The van der Waals surface area contributed by atoms with Gasteiger partial charge in [0.15, 0.2) is 5.78 Å². The molecule has 0 amide bonds. The molecule has 3 aromatic rings. The molecule has 0 saturated heterocycles. The van der Waals surface area contributed by atoms with Crippen molar-refractivity contribution in [3.8, 4) is 17.3 Å². The second-order valence-electron chi connectivity index (χ2n) is 5.81. The molecule has 0 atom stereocenters. The second kappa shape index (κ2) is 7.66. The van der Waals surface area contributed by atoms with Crippen LogP contribution in [0.4, 0.5) is 4.39 Å². The highest BCUT2D eigenvalue weighted by Crippen LogP contribution is 2.20. The van der Waals surface area contributed by atoms with E-state index in [-0.39, 0.29) is 35.4 Å². The van der Waals surface area contributed by atoms with Gasteiger partial charge >= 0.3 is 0 Å². The SMILES string of the molecule is Cn1c(CCC(=O)c2cc(-c3cc(F)cc(C#N)c3)ncn2)nccc1=O. The largest absolute Gasteiger partial charge is 0.300 e. The molecule has 27 heavy (non-hydrogen) atoms. The lowest BCUT2D eigenvalue weighted by Gasteiger charge is -2.06. The molecule has 2 aromatic heterocycles. The van der Waals surface area contributed by atoms with E-state index in [4.69, 9.17) is 5.26 Å². The predicted octanol–water partition coefficient (Wildman–Crippen LogP) is 2.06. The number of hydrogen-bond donors (Lipinski definition) is 0. The standard InChI is InChI=1S/C19H14FN5O2/c1-25-18(22-5-4-19(25)27)3-2-17(26)16-9-15(23-11-24-16)13-6-12(10-21)7-14(20)8-13/h4-9,11H,2-3H2,1H3. The van der Waals surface area contributed by atoms with Gasteiger partial charge in [0, 0.05) is 37.7 Å². The average Bonchev–Trinajstić information content (AvgIpc) is 2.68. The van der Waals surface area contributed by atoms with Crippen molar-refractivity contribution in [1.82, 2.24) is 19.5 Å². The highest BCUT2D eigenvalue weighted by atomic mass is 19.1. The number of rotatable bonds is 5. The molecule has 3 rings (SSSR count). The highest BCUT2D eigenvalue weighted by molar-refractivity contribution is 5.95. The van der Waals surface area contributed by atoms with Gasteiger partial charge in [-0.2, -0.15) is 5.26 Å².